The lowest BCUT2D eigenvalue weighted by Crippen LogP contribution is -2.34. The normalized spacial score (nSPS) is 18.4. The molecule has 1 aromatic rings. The van der Waals surface area contributed by atoms with Crippen molar-refractivity contribution in [3.8, 4) is 0 Å². The first-order chi connectivity index (χ1) is 7.32. The summed E-state index contributed by atoms with van der Waals surface area (Å²) in [5.41, 5.74) is 5.81. The highest BCUT2D eigenvalue weighted by Gasteiger charge is 2.41. The minimum atomic E-state index is -3.45. The van der Waals surface area contributed by atoms with Crippen molar-refractivity contribution < 1.29 is 8.42 Å². The van der Waals surface area contributed by atoms with E-state index in [4.69, 9.17) is 5.73 Å². The Morgan fingerprint density at radius 3 is 2.56 bits per heavy atom. The molecule has 16 heavy (non-hydrogen) atoms. The molecule has 1 aliphatic carbocycles. The van der Waals surface area contributed by atoms with E-state index in [1.807, 2.05) is 6.92 Å². The zero-order chi connectivity index (χ0) is 12.0. The maximum atomic E-state index is 12.0. The Hall–Kier alpha value is -0.590. The summed E-state index contributed by atoms with van der Waals surface area (Å²) < 4.78 is 27.3. The van der Waals surface area contributed by atoms with Crippen molar-refractivity contribution in [3.63, 3.8) is 0 Å². The van der Waals surface area contributed by atoms with E-state index in [0.29, 0.717) is 10.2 Å². The number of hydrogen-bond acceptors (Lipinski definition) is 3. The van der Waals surface area contributed by atoms with Gasteiger partial charge in [-0.2, -0.15) is 0 Å². The molecule has 0 bridgehead atoms. The van der Waals surface area contributed by atoms with Crippen LogP contribution in [0.25, 0.3) is 0 Å². The lowest BCUT2D eigenvalue weighted by atomic mass is 10.3. The van der Waals surface area contributed by atoms with Crippen LogP contribution >= 0.6 is 15.9 Å². The largest absolute Gasteiger partial charge is 0.398 e. The fourth-order valence-corrected chi connectivity index (χ4v) is 3.11. The molecule has 0 amide bonds. The molecule has 1 saturated carbocycles. The zero-order valence-electron chi connectivity index (χ0n) is 8.83. The highest BCUT2D eigenvalue weighted by atomic mass is 79.9. The predicted molar refractivity (Wildman–Crippen MR) is 66.5 cm³/mol. The molecular formula is C10H13BrN2O2S. The van der Waals surface area contributed by atoms with Crippen LogP contribution < -0.4 is 10.5 Å². The van der Waals surface area contributed by atoms with Crippen molar-refractivity contribution in [2.75, 3.05) is 5.73 Å². The minimum absolute atomic E-state index is 0.210. The molecule has 0 atom stereocenters. The molecule has 1 aliphatic rings. The van der Waals surface area contributed by atoms with Crippen LogP contribution in [0.1, 0.15) is 19.8 Å². The average molecular weight is 305 g/mol. The Balaban J connectivity index is 2.32. The maximum Gasteiger partial charge on any atom is 0.241 e. The Morgan fingerprint density at radius 2 is 2.06 bits per heavy atom. The molecule has 1 fully saturated rings. The van der Waals surface area contributed by atoms with Crippen molar-refractivity contribution >= 4 is 31.6 Å². The van der Waals surface area contributed by atoms with Gasteiger partial charge < -0.3 is 5.73 Å². The van der Waals surface area contributed by atoms with Gasteiger partial charge >= 0.3 is 0 Å². The van der Waals surface area contributed by atoms with Crippen LogP contribution in [-0.2, 0) is 10.0 Å². The van der Waals surface area contributed by atoms with Crippen LogP contribution in [0, 0.1) is 0 Å². The highest BCUT2D eigenvalue weighted by molar-refractivity contribution is 9.10. The second-order valence-electron chi connectivity index (χ2n) is 4.35. The summed E-state index contributed by atoms with van der Waals surface area (Å²) in [6, 6.07) is 4.63. The fourth-order valence-electron chi connectivity index (χ4n) is 1.36. The topological polar surface area (TPSA) is 72.2 Å². The molecule has 0 radical (unpaired) electrons. The van der Waals surface area contributed by atoms with Crippen LogP contribution in [0.2, 0.25) is 0 Å². The number of nitrogens with two attached hydrogens (primary N) is 1. The average Bonchev–Trinajstić information content (AvgIpc) is 2.86. The summed E-state index contributed by atoms with van der Waals surface area (Å²) in [5, 5.41) is 0. The minimum Gasteiger partial charge on any atom is -0.398 e. The second-order valence-corrected chi connectivity index (χ2v) is 6.89. The Labute approximate surface area is 103 Å². The third-order valence-corrected chi connectivity index (χ3v) is 5.02. The van der Waals surface area contributed by atoms with E-state index in [-0.39, 0.29) is 10.4 Å². The van der Waals surface area contributed by atoms with Gasteiger partial charge in [-0.25, -0.2) is 13.1 Å². The molecule has 3 N–H and O–H groups in total. The number of hydrogen-bond donors (Lipinski definition) is 2. The summed E-state index contributed by atoms with van der Waals surface area (Å²) in [7, 11) is -3.45. The number of nitrogen functional groups attached to an aromatic ring is 1. The van der Waals surface area contributed by atoms with E-state index < -0.39 is 10.0 Å². The van der Waals surface area contributed by atoms with Crippen LogP contribution in [0.4, 0.5) is 5.69 Å². The molecule has 0 aliphatic heterocycles. The molecular weight excluding hydrogens is 292 g/mol. The number of anilines is 1. The van der Waals surface area contributed by atoms with E-state index in [2.05, 4.69) is 20.7 Å². The van der Waals surface area contributed by atoms with Crippen molar-refractivity contribution in [1.29, 1.82) is 0 Å². The van der Waals surface area contributed by atoms with Gasteiger partial charge in [0, 0.05) is 15.7 Å². The molecule has 0 saturated heterocycles. The van der Waals surface area contributed by atoms with Crippen molar-refractivity contribution in [3.05, 3.63) is 22.7 Å². The van der Waals surface area contributed by atoms with E-state index in [1.54, 1.807) is 6.07 Å². The first kappa shape index (κ1) is 11.9. The summed E-state index contributed by atoms with van der Waals surface area (Å²) in [5.74, 6) is 0. The molecule has 4 nitrogen and oxygen atoms in total. The SMILES string of the molecule is CC1(NS(=O)(=O)c2ccc(Br)c(N)c2)CC1. The Bertz CT molecular complexity index is 524. The monoisotopic (exact) mass is 304 g/mol. The summed E-state index contributed by atoms with van der Waals surface area (Å²) in [6.45, 7) is 1.90. The van der Waals surface area contributed by atoms with Gasteiger partial charge in [0.25, 0.3) is 0 Å². The number of sulfonamides is 1. The van der Waals surface area contributed by atoms with E-state index in [9.17, 15) is 8.42 Å². The van der Waals surface area contributed by atoms with Crippen LogP contribution in [0.15, 0.2) is 27.6 Å². The Morgan fingerprint density at radius 1 is 1.44 bits per heavy atom. The third kappa shape index (κ3) is 2.39. The van der Waals surface area contributed by atoms with Gasteiger partial charge in [-0.15, -0.1) is 0 Å². The zero-order valence-corrected chi connectivity index (χ0v) is 11.2. The first-order valence-corrected chi connectivity index (χ1v) is 7.19. The molecule has 1 aromatic carbocycles. The highest BCUT2D eigenvalue weighted by Crippen LogP contribution is 2.36. The lowest BCUT2D eigenvalue weighted by Gasteiger charge is -2.12. The van der Waals surface area contributed by atoms with Crippen LogP contribution in [0.3, 0.4) is 0 Å². The number of halogens is 1. The fraction of sp³-hybridized carbons (Fsp3) is 0.400. The van der Waals surface area contributed by atoms with Gasteiger partial charge in [0.05, 0.1) is 4.90 Å². The number of rotatable bonds is 3. The van der Waals surface area contributed by atoms with Crippen LogP contribution in [-0.4, -0.2) is 14.0 Å². The van der Waals surface area contributed by atoms with Crippen molar-refractivity contribution in [2.24, 2.45) is 0 Å². The quantitative estimate of drug-likeness (QED) is 0.837. The van der Waals surface area contributed by atoms with Gasteiger partial charge in [-0.3, -0.25) is 0 Å². The standard InChI is InChI=1S/C10H13BrN2O2S/c1-10(4-5-10)13-16(14,15)7-2-3-8(11)9(12)6-7/h2-3,6,13H,4-5,12H2,1H3. The molecule has 88 valence electrons. The lowest BCUT2D eigenvalue weighted by molar-refractivity contribution is 0.558. The van der Waals surface area contributed by atoms with Crippen molar-refractivity contribution in [1.82, 2.24) is 4.72 Å². The summed E-state index contributed by atoms with van der Waals surface area (Å²) in [4.78, 5) is 0.210. The van der Waals surface area contributed by atoms with E-state index in [1.165, 1.54) is 12.1 Å². The molecule has 0 heterocycles. The number of nitrogens with one attached hydrogen (secondary N) is 1. The summed E-state index contributed by atoms with van der Waals surface area (Å²) >= 11 is 3.23. The predicted octanol–water partition coefficient (Wildman–Crippen LogP) is 1.86. The van der Waals surface area contributed by atoms with Gasteiger partial charge in [0.2, 0.25) is 10.0 Å². The second kappa shape index (κ2) is 3.72. The van der Waals surface area contributed by atoms with Crippen LogP contribution in [0.5, 0.6) is 0 Å². The van der Waals surface area contributed by atoms with Gasteiger partial charge in [-0.05, 0) is 53.9 Å². The third-order valence-electron chi connectivity index (χ3n) is 2.66. The molecule has 0 spiro atoms. The van der Waals surface area contributed by atoms with Gasteiger partial charge in [0.15, 0.2) is 0 Å². The summed E-state index contributed by atoms with van der Waals surface area (Å²) in [6.07, 6.45) is 1.77. The Kier molecular flexibility index (Phi) is 2.76. The van der Waals surface area contributed by atoms with Crippen molar-refractivity contribution in [2.45, 2.75) is 30.2 Å². The van der Waals surface area contributed by atoms with Gasteiger partial charge in [-0.1, -0.05) is 0 Å². The maximum absolute atomic E-state index is 12.0. The van der Waals surface area contributed by atoms with E-state index >= 15 is 0 Å². The first-order valence-electron chi connectivity index (χ1n) is 4.91. The molecule has 0 aromatic heterocycles. The smallest absolute Gasteiger partial charge is 0.241 e. The van der Waals surface area contributed by atoms with E-state index in [0.717, 1.165) is 12.8 Å². The molecule has 6 heteroatoms. The molecule has 0 unspecified atom stereocenters. The number of benzene rings is 1. The van der Waals surface area contributed by atoms with Gasteiger partial charge in [0.1, 0.15) is 0 Å². The molecule has 2 rings (SSSR count).